The van der Waals surface area contributed by atoms with Gasteiger partial charge in [-0.1, -0.05) is 25.1 Å². The fraction of sp³-hybridized carbons (Fsp3) is 0.464. The number of fused-ring (bicyclic) bond motifs is 1. The lowest BCUT2D eigenvalue weighted by molar-refractivity contribution is -0.139. The second kappa shape index (κ2) is 9.02. The molecule has 0 aromatic heterocycles. The third-order valence-corrected chi connectivity index (χ3v) is 7.73. The SMILES string of the molecule is CCc1cccc(C)c1N1CC(C(=O)N2CCC3(CC2)CC(=O)c2cc(OC)ccc2O3)CC1=O. The molecule has 0 radical (unpaired) electrons. The standard InChI is InChI=1S/C28H32N2O5/c1-4-19-7-5-6-18(2)26(19)30-17-20(14-25(30)32)27(33)29-12-10-28(11-13-29)16-23(31)22-15-21(34-3)8-9-24(22)35-28/h5-9,15,20H,4,10-14,16-17H2,1-3H3. The highest BCUT2D eigenvalue weighted by molar-refractivity contribution is 6.02. The summed E-state index contributed by atoms with van der Waals surface area (Å²) in [5, 5.41) is 0. The molecule has 35 heavy (non-hydrogen) atoms. The number of Topliss-reactive ketones (excluding diaryl/α,β-unsaturated/α-hetero) is 1. The van der Waals surface area contributed by atoms with E-state index >= 15 is 0 Å². The molecule has 3 aliphatic heterocycles. The predicted molar refractivity (Wildman–Crippen MR) is 132 cm³/mol. The van der Waals surface area contributed by atoms with Crippen molar-refractivity contribution >= 4 is 23.3 Å². The number of likely N-dealkylation sites (tertiary alicyclic amines) is 1. The number of ether oxygens (including phenoxy) is 2. The van der Waals surface area contributed by atoms with Gasteiger partial charge in [0.25, 0.3) is 0 Å². The molecule has 0 saturated carbocycles. The molecule has 7 heteroatoms. The summed E-state index contributed by atoms with van der Waals surface area (Å²) in [7, 11) is 1.57. The summed E-state index contributed by atoms with van der Waals surface area (Å²) in [4.78, 5) is 42.8. The minimum Gasteiger partial charge on any atom is -0.497 e. The maximum Gasteiger partial charge on any atom is 0.228 e. The first-order chi connectivity index (χ1) is 16.8. The van der Waals surface area contributed by atoms with Gasteiger partial charge in [0.05, 0.1) is 25.0 Å². The van der Waals surface area contributed by atoms with Crippen LogP contribution in [0, 0.1) is 12.8 Å². The van der Waals surface area contributed by atoms with Crippen LogP contribution < -0.4 is 14.4 Å². The van der Waals surface area contributed by atoms with E-state index in [0.717, 1.165) is 23.2 Å². The van der Waals surface area contributed by atoms with Crippen LogP contribution in [-0.2, 0) is 16.0 Å². The molecule has 2 aromatic rings. The topological polar surface area (TPSA) is 76.2 Å². The highest BCUT2D eigenvalue weighted by atomic mass is 16.5. The first kappa shape index (κ1) is 23.4. The first-order valence-electron chi connectivity index (χ1n) is 12.4. The molecule has 1 spiro atoms. The van der Waals surface area contributed by atoms with Crippen LogP contribution in [-0.4, -0.2) is 54.8 Å². The largest absolute Gasteiger partial charge is 0.497 e. The Hall–Kier alpha value is -3.35. The van der Waals surface area contributed by atoms with Crippen molar-refractivity contribution in [1.29, 1.82) is 0 Å². The number of methoxy groups -OCH3 is 1. The molecule has 0 N–H and O–H groups in total. The van der Waals surface area contributed by atoms with Gasteiger partial charge in [-0.05, 0) is 42.7 Å². The Kier molecular flexibility index (Phi) is 6.03. The molecule has 1 atom stereocenters. The van der Waals surface area contributed by atoms with Crippen molar-refractivity contribution in [2.45, 2.75) is 51.6 Å². The van der Waals surface area contributed by atoms with Gasteiger partial charge in [0.1, 0.15) is 17.1 Å². The van der Waals surface area contributed by atoms with Crippen molar-refractivity contribution in [2.75, 3.05) is 31.6 Å². The Bertz CT molecular complexity index is 1180. The van der Waals surface area contributed by atoms with E-state index < -0.39 is 5.60 Å². The number of ketones is 1. The number of hydrogen-bond donors (Lipinski definition) is 0. The summed E-state index contributed by atoms with van der Waals surface area (Å²) < 4.78 is 11.6. The third kappa shape index (κ3) is 4.17. The average Bonchev–Trinajstić information content (AvgIpc) is 3.24. The second-order valence-electron chi connectivity index (χ2n) is 9.91. The lowest BCUT2D eigenvalue weighted by Crippen LogP contribution is -2.53. The Morgan fingerprint density at radius 3 is 2.66 bits per heavy atom. The summed E-state index contributed by atoms with van der Waals surface area (Å²) in [5.74, 6) is 0.955. The molecule has 7 nitrogen and oxygen atoms in total. The average molecular weight is 477 g/mol. The molecular weight excluding hydrogens is 444 g/mol. The molecule has 2 aromatic carbocycles. The number of hydrogen-bond acceptors (Lipinski definition) is 5. The van der Waals surface area contributed by atoms with Crippen LogP contribution in [0.1, 0.15) is 54.1 Å². The minimum atomic E-state index is -0.579. The van der Waals surface area contributed by atoms with Gasteiger partial charge in [0.15, 0.2) is 5.78 Å². The van der Waals surface area contributed by atoms with Gasteiger partial charge in [-0.2, -0.15) is 0 Å². The Morgan fingerprint density at radius 2 is 1.94 bits per heavy atom. The molecule has 3 aliphatic rings. The van der Waals surface area contributed by atoms with Crippen molar-refractivity contribution in [3.63, 3.8) is 0 Å². The lowest BCUT2D eigenvalue weighted by atomic mass is 9.82. The third-order valence-electron chi connectivity index (χ3n) is 7.73. The molecule has 184 valence electrons. The maximum atomic E-state index is 13.4. The van der Waals surface area contributed by atoms with Gasteiger partial charge < -0.3 is 19.3 Å². The summed E-state index contributed by atoms with van der Waals surface area (Å²) in [6.07, 6.45) is 2.57. The summed E-state index contributed by atoms with van der Waals surface area (Å²) in [6.45, 7) is 5.56. The monoisotopic (exact) mass is 476 g/mol. The number of piperidine rings is 1. The quantitative estimate of drug-likeness (QED) is 0.668. The number of anilines is 1. The number of carbonyl (C=O) groups excluding carboxylic acids is 3. The van der Waals surface area contributed by atoms with Gasteiger partial charge in [0, 0.05) is 44.6 Å². The normalized spacial score (nSPS) is 21.2. The number of benzene rings is 2. The van der Waals surface area contributed by atoms with Crippen LogP contribution in [0.25, 0.3) is 0 Å². The molecule has 0 aliphatic carbocycles. The lowest BCUT2D eigenvalue weighted by Gasteiger charge is -2.44. The van der Waals surface area contributed by atoms with E-state index in [1.807, 2.05) is 24.0 Å². The molecule has 1 unspecified atom stereocenters. The van der Waals surface area contributed by atoms with E-state index in [2.05, 4.69) is 13.0 Å². The molecule has 2 fully saturated rings. The fourth-order valence-electron chi connectivity index (χ4n) is 5.75. The summed E-state index contributed by atoms with van der Waals surface area (Å²) in [6, 6.07) is 11.4. The van der Waals surface area contributed by atoms with E-state index in [-0.39, 0.29) is 29.9 Å². The van der Waals surface area contributed by atoms with E-state index in [9.17, 15) is 14.4 Å². The van der Waals surface area contributed by atoms with Gasteiger partial charge in [-0.25, -0.2) is 0 Å². The minimum absolute atomic E-state index is 0.00840. The number of amides is 2. The highest BCUT2D eigenvalue weighted by Crippen LogP contribution is 2.41. The molecule has 2 amide bonds. The van der Waals surface area contributed by atoms with E-state index in [1.54, 1.807) is 30.2 Å². The van der Waals surface area contributed by atoms with Gasteiger partial charge >= 0.3 is 0 Å². The zero-order chi connectivity index (χ0) is 24.7. The number of para-hydroxylation sites is 1. The van der Waals surface area contributed by atoms with Crippen LogP contribution in [0.2, 0.25) is 0 Å². The predicted octanol–water partition coefficient (Wildman–Crippen LogP) is 3.95. The van der Waals surface area contributed by atoms with Crippen LogP contribution >= 0.6 is 0 Å². The van der Waals surface area contributed by atoms with Crippen molar-refractivity contribution in [3.8, 4) is 11.5 Å². The zero-order valence-electron chi connectivity index (χ0n) is 20.6. The van der Waals surface area contributed by atoms with Crippen molar-refractivity contribution in [3.05, 3.63) is 53.1 Å². The number of nitrogens with zero attached hydrogens (tertiary/aromatic N) is 2. The van der Waals surface area contributed by atoms with Gasteiger partial charge in [-0.15, -0.1) is 0 Å². The van der Waals surface area contributed by atoms with Crippen LogP contribution in [0.4, 0.5) is 5.69 Å². The Balaban J connectivity index is 1.25. The molecule has 0 bridgehead atoms. The molecular formula is C28H32N2O5. The molecule has 5 rings (SSSR count). The smallest absolute Gasteiger partial charge is 0.228 e. The van der Waals surface area contributed by atoms with Gasteiger partial charge in [-0.3, -0.25) is 14.4 Å². The second-order valence-corrected chi connectivity index (χ2v) is 9.91. The molecule has 2 saturated heterocycles. The maximum absolute atomic E-state index is 13.4. The van der Waals surface area contributed by atoms with Crippen molar-refractivity contribution < 1.29 is 23.9 Å². The van der Waals surface area contributed by atoms with Crippen LogP contribution in [0.15, 0.2) is 36.4 Å². The van der Waals surface area contributed by atoms with Crippen molar-refractivity contribution in [2.24, 2.45) is 5.92 Å². The van der Waals surface area contributed by atoms with E-state index in [1.165, 1.54) is 0 Å². The Labute approximate surface area is 206 Å². The number of aryl methyl sites for hydroxylation is 2. The molecule has 3 heterocycles. The summed E-state index contributed by atoms with van der Waals surface area (Å²) in [5.41, 5.74) is 3.12. The fourth-order valence-corrected chi connectivity index (χ4v) is 5.75. The van der Waals surface area contributed by atoms with Crippen molar-refractivity contribution in [1.82, 2.24) is 4.90 Å². The Morgan fingerprint density at radius 1 is 1.17 bits per heavy atom. The first-order valence-corrected chi connectivity index (χ1v) is 12.4. The summed E-state index contributed by atoms with van der Waals surface area (Å²) >= 11 is 0. The van der Waals surface area contributed by atoms with E-state index in [4.69, 9.17) is 9.47 Å². The van der Waals surface area contributed by atoms with Crippen LogP contribution in [0.3, 0.4) is 0 Å². The van der Waals surface area contributed by atoms with Crippen LogP contribution in [0.5, 0.6) is 11.5 Å². The zero-order valence-corrected chi connectivity index (χ0v) is 20.6. The number of carbonyl (C=O) groups is 3. The highest BCUT2D eigenvalue weighted by Gasteiger charge is 2.45. The number of rotatable bonds is 4. The van der Waals surface area contributed by atoms with Gasteiger partial charge in [0.2, 0.25) is 11.8 Å². The van der Waals surface area contributed by atoms with E-state index in [0.29, 0.717) is 56.0 Å².